The molecule has 1 unspecified atom stereocenters. The Morgan fingerprint density at radius 2 is 1.00 bits per heavy atom. The molecule has 0 bridgehead atoms. The standard InChI is InChI=1S/C18H8ClN3O4.C15H14ClN3O2.C13H7ClN2O2/c19-11-6-8-21-16-14(11)18(24)15-13(17(16)23)10(5-7-20-15)9-3-1-2-4-12(9)22(25)26;1-8-5-7-19(18(2)3)13-10(8)14(20)12-11(15(13)21)9(16)4-6-17-12;1-6-2-4-15-10-8(6)12(17)11-9(13(10)18)7(14)3-5-16-11/h1-8H;4-8H,1-3H3;2-5H,1H3. The maximum absolute atomic E-state index is 13.0. The number of halogens is 3. The van der Waals surface area contributed by atoms with E-state index in [2.05, 4.69) is 24.9 Å². The van der Waals surface area contributed by atoms with Gasteiger partial charge in [0.25, 0.3) is 5.69 Å². The number of pyridine rings is 5. The quantitative estimate of drug-likeness (QED) is 0.121. The minimum atomic E-state index is -0.543. The fraction of sp³-hybridized carbons (Fsp3) is 0.109. The largest absolute Gasteiger partial charge is 0.287 e. The number of Topliss-reactive ketones (excluding diaryl/α,β-unsaturated/α-hetero) is 2. The van der Waals surface area contributed by atoms with Crippen LogP contribution in [0.1, 0.15) is 97.5 Å². The molecule has 0 saturated carbocycles. The summed E-state index contributed by atoms with van der Waals surface area (Å²) in [5.74, 6) is -2.35. The first kappa shape index (κ1) is 44.1. The average Bonchev–Trinajstić information content (AvgIpc) is 3.29. The van der Waals surface area contributed by atoms with Gasteiger partial charge in [-0.25, -0.2) is 5.01 Å². The Morgan fingerprint density at radius 1 is 0.569 bits per heavy atom. The number of benzene rings is 1. The molecule has 10 rings (SSSR count). The highest BCUT2D eigenvalue weighted by atomic mass is 35.5. The van der Waals surface area contributed by atoms with Crippen molar-refractivity contribution in [2.24, 2.45) is 5.92 Å². The first-order chi connectivity index (χ1) is 31.0. The number of allylic oxidation sites excluding steroid dienone is 3. The fourth-order valence-corrected chi connectivity index (χ4v) is 8.45. The summed E-state index contributed by atoms with van der Waals surface area (Å²) in [4.78, 5) is 107. The van der Waals surface area contributed by atoms with Crippen LogP contribution in [0.4, 0.5) is 5.69 Å². The van der Waals surface area contributed by atoms with Crippen molar-refractivity contribution in [2.45, 2.75) is 13.8 Å². The zero-order chi connectivity index (χ0) is 46.6. The van der Waals surface area contributed by atoms with Crippen molar-refractivity contribution in [2.75, 3.05) is 14.1 Å². The van der Waals surface area contributed by atoms with Gasteiger partial charge < -0.3 is 0 Å². The van der Waals surface area contributed by atoms with Gasteiger partial charge in [-0.2, -0.15) is 0 Å². The minimum absolute atomic E-state index is 0.00104. The Balaban J connectivity index is 0.000000135. The van der Waals surface area contributed by atoms with Crippen molar-refractivity contribution >= 4 is 75.2 Å². The highest BCUT2D eigenvalue weighted by Crippen LogP contribution is 2.40. The second-order valence-corrected chi connectivity index (χ2v) is 16.0. The van der Waals surface area contributed by atoms with E-state index in [0.717, 1.165) is 0 Å². The average molecular weight is 928 g/mol. The van der Waals surface area contributed by atoms with Crippen LogP contribution in [0.5, 0.6) is 0 Å². The van der Waals surface area contributed by atoms with Gasteiger partial charge in [0, 0.05) is 74.4 Å². The molecule has 0 fully saturated rings. The van der Waals surface area contributed by atoms with Crippen LogP contribution in [0.2, 0.25) is 15.1 Å². The molecule has 0 radical (unpaired) electrons. The van der Waals surface area contributed by atoms with Gasteiger partial charge >= 0.3 is 0 Å². The molecule has 1 aliphatic heterocycles. The number of aromatic nitrogens is 5. The van der Waals surface area contributed by atoms with Gasteiger partial charge in [0.2, 0.25) is 34.7 Å². The van der Waals surface area contributed by atoms with Gasteiger partial charge in [0.05, 0.1) is 53.4 Å². The lowest BCUT2D eigenvalue weighted by Gasteiger charge is -2.36. The zero-order valence-electron chi connectivity index (χ0n) is 34.3. The van der Waals surface area contributed by atoms with E-state index in [4.69, 9.17) is 34.8 Å². The maximum Gasteiger partial charge on any atom is 0.277 e. The van der Waals surface area contributed by atoms with E-state index >= 15 is 0 Å². The van der Waals surface area contributed by atoms with Crippen molar-refractivity contribution in [1.29, 1.82) is 0 Å². The number of rotatable bonds is 3. The molecule has 0 spiro atoms. The third-order valence-corrected chi connectivity index (χ3v) is 11.7. The predicted molar refractivity (Wildman–Crippen MR) is 236 cm³/mol. The Morgan fingerprint density at radius 3 is 1.54 bits per heavy atom. The number of hydrazine groups is 1. The number of aryl methyl sites for hydroxylation is 1. The number of nitro benzene ring substituents is 1. The normalized spacial score (nSPS) is 15.4. The molecule has 65 heavy (non-hydrogen) atoms. The molecule has 6 aromatic rings. The van der Waals surface area contributed by atoms with E-state index < -0.39 is 16.5 Å². The highest BCUT2D eigenvalue weighted by Gasteiger charge is 2.41. The molecule has 1 aromatic carbocycles. The summed E-state index contributed by atoms with van der Waals surface area (Å²) in [6.45, 7) is 3.65. The number of hydrogen-bond acceptors (Lipinski definition) is 15. The molecule has 4 aliphatic rings. The summed E-state index contributed by atoms with van der Waals surface area (Å²) >= 11 is 18.1. The zero-order valence-corrected chi connectivity index (χ0v) is 36.6. The number of ketones is 6. The van der Waals surface area contributed by atoms with Crippen LogP contribution in [-0.2, 0) is 0 Å². The van der Waals surface area contributed by atoms with Gasteiger partial charge in [-0.1, -0.05) is 59.9 Å². The summed E-state index contributed by atoms with van der Waals surface area (Å²) < 4.78 is 0. The molecule has 322 valence electrons. The summed E-state index contributed by atoms with van der Waals surface area (Å²) in [6, 6.07) is 13.6. The van der Waals surface area contributed by atoms with Gasteiger partial charge in [-0.05, 0) is 48.9 Å². The van der Waals surface area contributed by atoms with Gasteiger partial charge in [0.15, 0.2) is 0 Å². The van der Waals surface area contributed by atoms with E-state index in [9.17, 15) is 38.9 Å². The van der Waals surface area contributed by atoms with Gasteiger partial charge in [-0.15, -0.1) is 0 Å². The number of carbonyl (C=O) groups is 6. The molecule has 5 aromatic heterocycles. The molecule has 3 aliphatic carbocycles. The first-order valence-corrected chi connectivity index (χ1v) is 20.5. The van der Waals surface area contributed by atoms with E-state index in [-0.39, 0.29) is 112 Å². The van der Waals surface area contributed by atoms with Crippen LogP contribution >= 0.6 is 34.8 Å². The van der Waals surface area contributed by atoms with Crippen molar-refractivity contribution in [3.8, 4) is 11.1 Å². The van der Waals surface area contributed by atoms with Crippen molar-refractivity contribution in [1.82, 2.24) is 34.9 Å². The van der Waals surface area contributed by atoms with Crippen LogP contribution in [0.3, 0.4) is 0 Å². The first-order valence-electron chi connectivity index (χ1n) is 19.3. The molecule has 19 heteroatoms. The second-order valence-electron chi connectivity index (χ2n) is 14.8. The summed E-state index contributed by atoms with van der Waals surface area (Å²) in [5.41, 5.74) is 2.75. The summed E-state index contributed by atoms with van der Waals surface area (Å²) in [6.07, 6.45) is 10.7. The fourth-order valence-electron chi connectivity index (χ4n) is 7.76. The van der Waals surface area contributed by atoms with Crippen LogP contribution < -0.4 is 0 Å². The molecule has 16 nitrogen and oxygen atoms in total. The smallest absolute Gasteiger partial charge is 0.277 e. The Hall–Kier alpha value is -7.50. The SMILES string of the molecule is CC1C=CN(N(C)C)C2=C1C(=O)c1nccc(Cl)c1C2=O.Cc1ccnc2c1C(=O)c1nccc(Cl)c1C2=O.O=C1c2nccc(-c3ccccc3[N+](=O)[O-])c2C(=O)c2nccc(Cl)c21. The lowest BCUT2D eigenvalue weighted by molar-refractivity contribution is -0.384. The van der Waals surface area contributed by atoms with Crippen LogP contribution in [-0.4, -0.2) is 88.7 Å². The summed E-state index contributed by atoms with van der Waals surface area (Å²) in [7, 11) is 3.62. The van der Waals surface area contributed by atoms with Gasteiger partial charge in [-0.3, -0.25) is 68.8 Å². The topological polar surface area (TPSA) is 216 Å². The Bertz CT molecular complexity index is 3160. The molecule has 6 heterocycles. The number of fused-ring (bicyclic) bond motifs is 5. The number of hydrogen-bond donors (Lipinski definition) is 0. The number of carbonyl (C=O) groups excluding carboxylic acids is 6. The molecule has 1 atom stereocenters. The number of nitrogens with zero attached hydrogens (tertiary/aromatic N) is 8. The van der Waals surface area contributed by atoms with E-state index in [0.29, 0.717) is 22.4 Å². The van der Waals surface area contributed by atoms with Crippen molar-refractivity contribution in [3.63, 3.8) is 0 Å². The Kier molecular flexibility index (Phi) is 11.7. The van der Waals surface area contributed by atoms with Crippen molar-refractivity contribution in [3.05, 3.63) is 196 Å². The monoisotopic (exact) mass is 926 g/mol. The third kappa shape index (κ3) is 7.41. The predicted octanol–water partition coefficient (Wildman–Crippen LogP) is 8.00. The van der Waals surface area contributed by atoms with Crippen LogP contribution in [0.25, 0.3) is 11.1 Å². The molecule has 0 saturated heterocycles. The Labute approximate surface area is 383 Å². The minimum Gasteiger partial charge on any atom is -0.287 e. The molecule has 0 amide bonds. The third-order valence-electron chi connectivity index (χ3n) is 10.8. The van der Waals surface area contributed by atoms with E-state index in [1.54, 1.807) is 35.3 Å². The van der Waals surface area contributed by atoms with Crippen LogP contribution in [0.15, 0.2) is 109 Å². The van der Waals surface area contributed by atoms with Gasteiger partial charge in [0.1, 0.15) is 34.2 Å². The second kappa shape index (κ2) is 17.2. The van der Waals surface area contributed by atoms with Crippen LogP contribution in [0, 0.1) is 23.0 Å². The number of nitro groups is 1. The lowest BCUT2D eigenvalue weighted by Crippen LogP contribution is -2.42. The number of para-hydroxylation sites is 1. The van der Waals surface area contributed by atoms with E-state index in [1.165, 1.54) is 73.4 Å². The highest BCUT2D eigenvalue weighted by molar-refractivity contribution is 6.40. The molecular weight excluding hydrogens is 899 g/mol. The van der Waals surface area contributed by atoms with E-state index in [1.807, 2.05) is 27.1 Å². The summed E-state index contributed by atoms with van der Waals surface area (Å²) in [5, 5.41) is 15.4. The molecular formula is C46H29Cl3N8O8. The lowest BCUT2D eigenvalue weighted by atomic mass is 9.82. The van der Waals surface area contributed by atoms with Crippen molar-refractivity contribution < 1.29 is 33.7 Å². The maximum atomic E-state index is 13.0. The molecule has 0 N–H and O–H groups in total.